The highest BCUT2D eigenvalue weighted by Crippen LogP contribution is 2.71. The van der Waals surface area contributed by atoms with Crippen LogP contribution in [0.4, 0.5) is 0 Å². The number of hydrogen-bond acceptors (Lipinski definition) is 7. The molecular formula is C41H65N5O4. The molecule has 4 saturated heterocycles. The lowest BCUT2D eigenvalue weighted by Gasteiger charge is -2.61. The molecule has 2 amide bonds. The molecule has 0 aromatic rings. The highest BCUT2D eigenvalue weighted by Gasteiger charge is 2.69. The van der Waals surface area contributed by atoms with Crippen LogP contribution < -0.4 is 5.32 Å². The maximum Gasteiger partial charge on any atom is 0.232 e. The molecule has 8 fully saturated rings. The number of carbonyl (C=O) groups is 2. The Morgan fingerprint density at radius 1 is 0.860 bits per heavy atom. The van der Waals surface area contributed by atoms with Crippen LogP contribution in [0.25, 0.3) is 0 Å². The van der Waals surface area contributed by atoms with Crippen LogP contribution in [0, 0.1) is 63.6 Å². The van der Waals surface area contributed by atoms with Crippen molar-refractivity contribution < 1.29 is 19.1 Å². The molecule has 0 bridgehead atoms. The predicted molar refractivity (Wildman–Crippen MR) is 191 cm³/mol. The molecule has 1 N–H and O–H groups in total. The van der Waals surface area contributed by atoms with Gasteiger partial charge in [0.2, 0.25) is 11.8 Å². The molecule has 4 aliphatic carbocycles. The summed E-state index contributed by atoms with van der Waals surface area (Å²) in [4.78, 5) is 33.1. The SMILES string of the molecule is C[C@H]1CC[C@@]2(OC1)O[C@H]1C[C@H]3[C@@H]4CC[C@@H]5C[C@H](NC(=O)CC(=O)N6CCC(N7CCN(CC#N)CC7)CC6)CC[C@]5(C)C4CC[C@]3(C)[C@H]1[C@@H]2C. The van der Waals surface area contributed by atoms with E-state index in [1.54, 1.807) is 0 Å². The van der Waals surface area contributed by atoms with Crippen molar-refractivity contribution in [1.29, 1.82) is 5.26 Å². The van der Waals surface area contributed by atoms with Crippen molar-refractivity contribution in [2.24, 2.45) is 52.3 Å². The fourth-order valence-corrected chi connectivity index (χ4v) is 13.8. The van der Waals surface area contributed by atoms with E-state index in [9.17, 15) is 9.59 Å². The fraction of sp³-hybridized carbons (Fsp3) is 0.927. The fourth-order valence-electron chi connectivity index (χ4n) is 13.8. The van der Waals surface area contributed by atoms with Crippen molar-refractivity contribution in [1.82, 2.24) is 20.0 Å². The first-order valence-electron chi connectivity index (χ1n) is 20.8. The van der Waals surface area contributed by atoms with Crippen LogP contribution in [-0.4, -0.2) is 103 Å². The highest BCUT2D eigenvalue weighted by molar-refractivity contribution is 5.97. The van der Waals surface area contributed by atoms with Gasteiger partial charge >= 0.3 is 0 Å². The summed E-state index contributed by atoms with van der Waals surface area (Å²) in [5.74, 6) is 4.27. The van der Waals surface area contributed by atoms with E-state index in [1.165, 1.54) is 44.9 Å². The summed E-state index contributed by atoms with van der Waals surface area (Å²) >= 11 is 0. The maximum atomic E-state index is 13.2. The van der Waals surface area contributed by atoms with Crippen molar-refractivity contribution in [3.63, 3.8) is 0 Å². The molecule has 0 radical (unpaired) electrons. The summed E-state index contributed by atoms with van der Waals surface area (Å²) in [6, 6.07) is 2.95. The molecule has 9 nitrogen and oxygen atoms in total. The summed E-state index contributed by atoms with van der Waals surface area (Å²) < 4.78 is 13.5. The monoisotopic (exact) mass is 692 g/mol. The van der Waals surface area contributed by atoms with Crippen LogP contribution in [-0.2, 0) is 19.1 Å². The molecule has 8 aliphatic rings. The van der Waals surface area contributed by atoms with E-state index >= 15 is 0 Å². The second-order valence-electron chi connectivity index (χ2n) is 19.0. The lowest BCUT2D eigenvalue weighted by Crippen LogP contribution is -2.56. The molecule has 278 valence electrons. The summed E-state index contributed by atoms with van der Waals surface area (Å²) in [6.45, 7) is 16.7. The summed E-state index contributed by atoms with van der Waals surface area (Å²) in [6.07, 6.45) is 14.3. The average molecular weight is 692 g/mol. The molecule has 4 saturated carbocycles. The van der Waals surface area contributed by atoms with Gasteiger partial charge in [-0.2, -0.15) is 5.26 Å². The van der Waals surface area contributed by atoms with Crippen LogP contribution in [0.3, 0.4) is 0 Å². The first kappa shape index (κ1) is 35.3. The van der Waals surface area contributed by atoms with Crippen LogP contribution >= 0.6 is 0 Å². The molecule has 50 heavy (non-hydrogen) atoms. The first-order chi connectivity index (χ1) is 24.0. The van der Waals surface area contributed by atoms with Crippen molar-refractivity contribution in [2.75, 3.05) is 52.4 Å². The number of hydrogen-bond donors (Lipinski definition) is 1. The number of nitrogens with zero attached hydrogens (tertiary/aromatic N) is 4. The third-order valence-electron chi connectivity index (χ3n) is 16.6. The molecule has 0 aromatic carbocycles. The number of ether oxygens (including phenoxy) is 2. The van der Waals surface area contributed by atoms with E-state index in [2.05, 4.69) is 48.9 Å². The highest BCUT2D eigenvalue weighted by atomic mass is 16.7. The van der Waals surface area contributed by atoms with E-state index in [4.69, 9.17) is 14.7 Å². The lowest BCUT2D eigenvalue weighted by atomic mass is 9.44. The maximum absolute atomic E-state index is 13.2. The molecule has 4 aliphatic heterocycles. The van der Waals surface area contributed by atoms with Crippen LogP contribution in [0.1, 0.15) is 111 Å². The summed E-state index contributed by atoms with van der Waals surface area (Å²) in [5.41, 5.74) is 0.702. The topological polar surface area (TPSA) is 98.1 Å². The summed E-state index contributed by atoms with van der Waals surface area (Å²) in [5, 5.41) is 12.3. The van der Waals surface area contributed by atoms with Gasteiger partial charge in [0.15, 0.2) is 5.79 Å². The van der Waals surface area contributed by atoms with E-state index < -0.39 is 0 Å². The van der Waals surface area contributed by atoms with Gasteiger partial charge in [0.05, 0.1) is 25.3 Å². The van der Waals surface area contributed by atoms with Gasteiger partial charge < -0.3 is 19.7 Å². The van der Waals surface area contributed by atoms with Gasteiger partial charge in [0.1, 0.15) is 6.42 Å². The number of nitrogens with one attached hydrogen (secondary N) is 1. The second-order valence-corrected chi connectivity index (χ2v) is 19.0. The molecule has 1 spiro atoms. The van der Waals surface area contributed by atoms with Gasteiger partial charge in [-0.05, 0) is 117 Å². The van der Waals surface area contributed by atoms with E-state index in [1.807, 2.05) is 4.90 Å². The Morgan fingerprint density at radius 2 is 1.62 bits per heavy atom. The van der Waals surface area contributed by atoms with Crippen LogP contribution in [0.15, 0.2) is 0 Å². The number of piperazine rings is 1. The van der Waals surface area contributed by atoms with Gasteiger partial charge in [0.25, 0.3) is 0 Å². The molecular weight excluding hydrogens is 626 g/mol. The number of fused-ring (bicyclic) bond motifs is 7. The Balaban J connectivity index is 0.813. The largest absolute Gasteiger partial charge is 0.353 e. The van der Waals surface area contributed by atoms with Gasteiger partial charge in [-0.25, -0.2) is 0 Å². The number of nitriles is 1. The zero-order chi connectivity index (χ0) is 34.8. The Morgan fingerprint density at radius 3 is 2.34 bits per heavy atom. The van der Waals surface area contributed by atoms with Gasteiger partial charge in [-0.1, -0.05) is 27.7 Å². The van der Waals surface area contributed by atoms with E-state index in [0.717, 1.165) is 95.7 Å². The predicted octanol–water partition coefficient (Wildman–Crippen LogP) is 5.44. The Labute approximate surface area is 301 Å². The lowest BCUT2D eigenvalue weighted by molar-refractivity contribution is -0.273. The molecule has 12 atom stereocenters. The smallest absolute Gasteiger partial charge is 0.232 e. The average Bonchev–Trinajstić information content (AvgIpc) is 3.56. The zero-order valence-corrected chi connectivity index (χ0v) is 31.5. The number of piperidine rings is 1. The molecule has 9 heteroatoms. The van der Waals surface area contributed by atoms with Crippen molar-refractivity contribution in [2.45, 2.75) is 135 Å². The number of amides is 2. The van der Waals surface area contributed by atoms with Gasteiger partial charge in [0, 0.05) is 63.7 Å². The molecule has 8 rings (SSSR count). The minimum atomic E-state index is -0.336. The Kier molecular flexibility index (Phi) is 9.60. The van der Waals surface area contributed by atoms with Crippen molar-refractivity contribution in [3.05, 3.63) is 0 Å². The quantitative estimate of drug-likeness (QED) is 0.303. The number of likely N-dealkylation sites (tertiary alicyclic amines) is 1. The van der Waals surface area contributed by atoms with Crippen LogP contribution in [0.2, 0.25) is 0 Å². The third kappa shape index (κ3) is 6.04. The second kappa shape index (κ2) is 13.6. The van der Waals surface area contributed by atoms with Crippen molar-refractivity contribution >= 4 is 11.8 Å². The first-order valence-corrected chi connectivity index (χ1v) is 20.8. The Bertz CT molecular complexity index is 1310. The van der Waals surface area contributed by atoms with Gasteiger partial charge in [-0.3, -0.25) is 19.4 Å². The molecule has 0 aromatic heterocycles. The normalized spacial score (nSPS) is 46.8. The Hall–Kier alpha value is -1.73. The third-order valence-corrected chi connectivity index (χ3v) is 16.6. The molecule has 1 unspecified atom stereocenters. The number of rotatable bonds is 5. The van der Waals surface area contributed by atoms with E-state index in [0.29, 0.717) is 53.2 Å². The number of carbonyl (C=O) groups excluding carboxylic acids is 2. The van der Waals surface area contributed by atoms with Crippen LogP contribution in [0.5, 0.6) is 0 Å². The van der Waals surface area contributed by atoms with E-state index in [-0.39, 0.29) is 30.1 Å². The van der Waals surface area contributed by atoms with Gasteiger partial charge in [-0.15, -0.1) is 0 Å². The summed E-state index contributed by atoms with van der Waals surface area (Å²) in [7, 11) is 0. The standard InChI is InChI=1S/C41H65N5O4/c1-27-7-14-41(49-26-27)28(2)38-35(50-41)24-34-32-6-5-29-23-30(8-12-39(29,3)33(32)9-13-40(34,38)4)43-36(47)25-37(48)46-16-10-31(11-17-46)45-21-19-44(18-15-42)20-22-45/h27-35,38H,5-14,16-26H2,1-4H3,(H,43,47)/t27-,28-,29+,30+,32+,33?,34-,35-,38-,39-,40-,41+/m0/s1. The minimum Gasteiger partial charge on any atom is -0.353 e. The molecule has 4 heterocycles. The zero-order valence-electron chi connectivity index (χ0n) is 31.5. The minimum absolute atomic E-state index is 0.0126. The van der Waals surface area contributed by atoms with Crippen molar-refractivity contribution in [3.8, 4) is 6.07 Å².